The van der Waals surface area contributed by atoms with E-state index >= 15 is 0 Å². The monoisotopic (exact) mass is 303 g/mol. The largest absolute Gasteiger partial charge is 0.352 e. The molecule has 9 nitrogen and oxygen atoms in total. The number of hydrogen-bond acceptors (Lipinski definition) is 9. The van der Waals surface area contributed by atoms with Crippen LogP contribution in [0, 0.1) is 0 Å². The summed E-state index contributed by atoms with van der Waals surface area (Å²) in [5, 5.41) is 2.90. The molecule has 0 amide bonds. The fourth-order valence-corrected chi connectivity index (χ4v) is 1.47. The number of nitrogens with two attached hydrogens (primary N) is 1. The molecular formula is C10H21N7O2S. The van der Waals surface area contributed by atoms with E-state index in [-0.39, 0.29) is 18.4 Å². The molecule has 0 aromatic carbocycles. The molecule has 0 bridgehead atoms. The highest BCUT2D eigenvalue weighted by atomic mass is 32.2. The standard InChI is InChI=1S/C10H21N7O2S/c1-10(2,20(5,18)19)6-12-7-13-8(16-11)15-9(14-7)17(3)4/h6,11H2,1-5H3,(H2,12,13,14,15,16). The maximum absolute atomic E-state index is 11.6. The van der Waals surface area contributed by atoms with Gasteiger partial charge in [0, 0.05) is 26.9 Å². The van der Waals surface area contributed by atoms with Crippen molar-refractivity contribution < 1.29 is 8.42 Å². The fourth-order valence-electron chi connectivity index (χ4n) is 1.13. The van der Waals surface area contributed by atoms with Crippen molar-refractivity contribution in [2.45, 2.75) is 18.6 Å². The molecule has 1 heterocycles. The maximum Gasteiger partial charge on any atom is 0.243 e. The van der Waals surface area contributed by atoms with Gasteiger partial charge in [-0.25, -0.2) is 14.3 Å². The number of rotatable bonds is 6. The van der Waals surface area contributed by atoms with Crippen LogP contribution in [0.3, 0.4) is 0 Å². The Morgan fingerprint density at radius 2 is 1.75 bits per heavy atom. The first kappa shape index (κ1) is 16.4. The number of nitrogens with one attached hydrogen (secondary N) is 2. The molecule has 0 saturated heterocycles. The van der Waals surface area contributed by atoms with Crippen LogP contribution in [0.15, 0.2) is 0 Å². The average Bonchev–Trinajstić information content (AvgIpc) is 2.34. The molecule has 0 atom stereocenters. The topological polar surface area (TPSA) is 126 Å². The van der Waals surface area contributed by atoms with Crippen molar-refractivity contribution in [3.05, 3.63) is 0 Å². The van der Waals surface area contributed by atoms with Gasteiger partial charge in [-0.2, -0.15) is 15.0 Å². The third-order valence-electron chi connectivity index (χ3n) is 2.83. The number of aromatic nitrogens is 3. The van der Waals surface area contributed by atoms with Gasteiger partial charge in [-0.3, -0.25) is 5.43 Å². The zero-order valence-electron chi connectivity index (χ0n) is 12.3. The summed E-state index contributed by atoms with van der Waals surface area (Å²) in [6, 6.07) is 0. The first-order valence-corrected chi connectivity index (χ1v) is 7.79. The summed E-state index contributed by atoms with van der Waals surface area (Å²) in [4.78, 5) is 13.9. The van der Waals surface area contributed by atoms with Gasteiger partial charge in [-0.05, 0) is 13.8 Å². The Labute approximate surface area is 118 Å². The van der Waals surface area contributed by atoms with Crippen molar-refractivity contribution in [2.75, 3.05) is 42.5 Å². The van der Waals surface area contributed by atoms with Crippen LogP contribution in [-0.4, -0.2) is 55.0 Å². The first-order valence-electron chi connectivity index (χ1n) is 5.90. The van der Waals surface area contributed by atoms with Crippen LogP contribution in [-0.2, 0) is 9.84 Å². The minimum Gasteiger partial charge on any atom is -0.352 e. The summed E-state index contributed by atoms with van der Waals surface area (Å²) in [7, 11) is 0.356. The van der Waals surface area contributed by atoms with Crippen LogP contribution in [0.2, 0.25) is 0 Å². The summed E-state index contributed by atoms with van der Waals surface area (Å²) < 4.78 is 22.3. The molecule has 0 radical (unpaired) electrons. The van der Waals surface area contributed by atoms with E-state index in [1.165, 1.54) is 6.26 Å². The van der Waals surface area contributed by atoms with Gasteiger partial charge in [0.05, 0.1) is 4.75 Å². The molecule has 20 heavy (non-hydrogen) atoms. The van der Waals surface area contributed by atoms with Crippen molar-refractivity contribution in [1.29, 1.82) is 0 Å². The van der Waals surface area contributed by atoms with E-state index in [0.717, 1.165) is 0 Å². The van der Waals surface area contributed by atoms with Crippen LogP contribution in [0.25, 0.3) is 0 Å². The molecule has 1 aromatic rings. The molecule has 4 N–H and O–H groups in total. The van der Waals surface area contributed by atoms with Gasteiger partial charge in [0.15, 0.2) is 9.84 Å². The second-order valence-electron chi connectivity index (χ2n) is 5.21. The normalized spacial score (nSPS) is 12.1. The van der Waals surface area contributed by atoms with Crippen LogP contribution in [0.5, 0.6) is 0 Å². The minimum absolute atomic E-state index is 0.173. The molecular weight excluding hydrogens is 282 g/mol. The SMILES string of the molecule is CN(C)c1nc(NN)nc(NCC(C)(C)S(C)(=O)=O)n1. The Morgan fingerprint density at radius 3 is 2.20 bits per heavy atom. The van der Waals surface area contributed by atoms with Gasteiger partial charge in [-0.1, -0.05) is 0 Å². The van der Waals surface area contributed by atoms with Crippen LogP contribution in [0.1, 0.15) is 13.8 Å². The highest BCUT2D eigenvalue weighted by molar-refractivity contribution is 7.92. The van der Waals surface area contributed by atoms with Gasteiger partial charge in [0.1, 0.15) is 0 Å². The predicted octanol–water partition coefficient (Wildman–Crippen LogP) is -0.542. The Hall–Kier alpha value is -1.68. The average molecular weight is 303 g/mol. The lowest BCUT2D eigenvalue weighted by Gasteiger charge is -2.23. The summed E-state index contributed by atoms with van der Waals surface area (Å²) in [6.45, 7) is 3.43. The summed E-state index contributed by atoms with van der Waals surface area (Å²) in [5.41, 5.74) is 2.34. The van der Waals surface area contributed by atoms with E-state index < -0.39 is 14.6 Å². The Morgan fingerprint density at radius 1 is 1.20 bits per heavy atom. The smallest absolute Gasteiger partial charge is 0.243 e. The van der Waals surface area contributed by atoms with Crippen LogP contribution in [0.4, 0.5) is 17.8 Å². The lowest BCUT2D eigenvalue weighted by atomic mass is 10.2. The quantitative estimate of drug-likeness (QED) is 0.469. The van der Waals surface area contributed by atoms with Crippen LogP contribution >= 0.6 is 0 Å². The molecule has 0 aliphatic rings. The summed E-state index contributed by atoms with van der Waals surface area (Å²) >= 11 is 0. The summed E-state index contributed by atoms with van der Waals surface area (Å²) in [6.07, 6.45) is 1.19. The van der Waals surface area contributed by atoms with E-state index in [9.17, 15) is 8.42 Å². The lowest BCUT2D eigenvalue weighted by molar-refractivity contribution is 0.559. The van der Waals surface area contributed by atoms with Crippen LogP contribution < -0.4 is 21.5 Å². The number of hydrogen-bond donors (Lipinski definition) is 3. The highest BCUT2D eigenvalue weighted by Gasteiger charge is 2.30. The summed E-state index contributed by atoms with van der Waals surface area (Å²) in [5.74, 6) is 6.16. The van der Waals surface area contributed by atoms with Gasteiger partial charge < -0.3 is 10.2 Å². The van der Waals surface area contributed by atoms with Crippen molar-refractivity contribution >= 4 is 27.7 Å². The molecule has 0 fully saturated rings. The van der Waals surface area contributed by atoms with E-state index in [4.69, 9.17) is 5.84 Å². The van der Waals surface area contributed by atoms with E-state index in [2.05, 4.69) is 25.7 Å². The molecule has 0 unspecified atom stereocenters. The van der Waals surface area contributed by atoms with Crippen molar-refractivity contribution in [3.63, 3.8) is 0 Å². The molecule has 0 aliphatic heterocycles. The van der Waals surface area contributed by atoms with Gasteiger partial charge >= 0.3 is 0 Å². The molecule has 0 aliphatic carbocycles. The van der Waals surface area contributed by atoms with Crippen molar-refractivity contribution in [2.24, 2.45) is 5.84 Å². The molecule has 114 valence electrons. The molecule has 0 saturated carbocycles. The Balaban J connectivity index is 2.96. The third-order valence-corrected chi connectivity index (χ3v) is 4.98. The third kappa shape index (κ3) is 3.90. The fraction of sp³-hybridized carbons (Fsp3) is 0.700. The van der Waals surface area contributed by atoms with Gasteiger partial charge in [-0.15, -0.1) is 0 Å². The predicted molar refractivity (Wildman–Crippen MR) is 79.4 cm³/mol. The van der Waals surface area contributed by atoms with Crippen molar-refractivity contribution in [3.8, 4) is 0 Å². The first-order chi connectivity index (χ1) is 9.06. The molecule has 10 heteroatoms. The maximum atomic E-state index is 11.6. The number of hydrazine groups is 1. The lowest BCUT2D eigenvalue weighted by Crippen LogP contribution is -2.38. The van der Waals surface area contributed by atoms with Gasteiger partial charge in [0.2, 0.25) is 17.8 Å². The number of nitrogen functional groups attached to an aromatic ring is 1. The van der Waals surface area contributed by atoms with E-state index in [0.29, 0.717) is 5.95 Å². The Kier molecular flexibility index (Phi) is 4.71. The molecule has 1 rings (SSSR count). The minimum atomic E-state index is -3.20. The number of anilines is 3. The second kappa shape index (κ2) is 5.75. The van der Waals surface area contributed by atoms with E-state index in [1.807, 2.05) is 0 Å². The highest BCUT2D eigenvalue weighted by Crippen LogP contribution is 2.17. The molecule has 0 spiro atoms. The number of sulfone groups is 1. The van der Waals surface area contributed by atoms with Gasteiger partial charge in [0.25, 0.3) is 0 Å². The number of nitrogens with zero attached hydrogens (tertiary/aromatic N) is 4. The van der Waals surface area contributed by atoms with E-state index in [1.54, 1.807) is 32.8 Å². The zero-order valence-corrected chi connectivity index (χ0v) is 13.1. The second-order valence-corrected chi connectivity index (χ2v) is 7.86. The molecule has 1 aromatic heterocycles. The Bertz CT molecular complexity index is 571. The van der Waals surface area contributed by atoms with Crippen molar-refractivity contribution in [1.82, 2.24) is 15.0 Å². The zero-order chi connectivity index (χ0) is 15.6.